The summed E-state index contributed by atoms with van der Waals surface area (Å²) in [6.07, 6.45) is 0. The second kappa shape index (κ2) is 4.34. The topological polar surface area (TPSA) is 80.3 Å². The molecule has 9 heavy (non-hydrogen) atoms. The molecule has 0 aliphatic heterocycles. The molecule has 0 aliphatic rings. The summed E-state index contributed by atoms with van der Waals surface area (Å²) in [7, 11) is 0. The van der Waals surface area contributed by atoms with Crippen LogP contribution in [0.5, 0.6) is 0 Å². The molecule has 4 nitrogen and oxygen atoms in total. The number of rotatable bonds is 2. The van der Waals surface area contributed by atoms with E-state index in [4.69, 9.17) is 0 Å². The summed E-state index contributed by atoms with van der Waals surface area (Å²) in [6.45, 7) is 2.63. The zero-order chi connectivity index (χ0) is 6.73. The molecule has 0 bridgehead atoms. The molecule has 0 spiro atoms. The Balaban J connectivity index is 0. The van der Waals surface area contributed by atoms with Crippen LogP contribution in [0.4, 0.5) is 0 Å². The Morgan fingerprint density at radius 3 is 1.33 bits per heavy atom. The van der Waals surface area contributed by atoms with Crippen LogP contribution in [0.25, 0.3) is 0 Å². The van der Waals surface area contributed by atoms with E-state index >= 15 is 0 Å². The van der Waals surface area contributed by atoms with Crippen LogP contribution in [0.15, 0.2) is 12.2 Å². The van der Waals surface area contributed by atoms with Crippen molar-refractivity contribution in [2.45, 2.75) is 0 Å². The molecule has 0 saturated heterocycles. The van der Waals surface area contributed by atoms with Gasteiger partial charge >= 0.3 is 23.1 Å². The number of hydrogen-bond donors (Lipinski definition) is 0. The number of carboxylic acid groups (broad SMARTS) is 2. The molecule has 0 aromatic heterocycles. The molecule has 44 valence electrons. The van der Waals surface area contributed by atoms with Gasteiger partial charge < -0.3 is 19.8 Å². The predicted molar refractivity (Wildman–Crippen MR) is 24.9 cm³/mol. The summed E-state index contributed by atoms with van der Waals surface area (Å²) in [5.74, 6) is -3.63. The minimum absolute atomic E-state index is 0. The minimum atomic E-state index is -1.81. The van der Waals surface area contributed by atoms with Crippen molar-refractivity contribution in [3.05, 3.63) is 12.2 Å². The Bertz CT molecular complexity index is 135. The maximum atomic E-state index is 9.51. The maximum absolute atomic E-state index is 9.51. The van der Waals surface area contributed by atoms with Crippen molar-refractivity contribution in [1.29, 1.82) is 0 Å². The second-order valence-corrected chi connectivity index (χ2v) is 1.05. The molecule has 5 heteroatoms. The van der Waals surface area contributed by atoms with Gasteiger partial charge in [0, 0.05) is 5.57 Å². The summed E-state index contributed by atoms with van der Waals surface area (Å²) in [5.41, 5.74) is -1.04. The molecule has 0 radical (unpaired) electrons. The first kappa shape index (κ1) is 11.3. The van der Waals surface area contributed by atoms with Gasteiger partial charge in [-0.25, -0.2) is 0 Å². The Kier molecular flexibility index (Phi) is 5.43. The molecule has 0 unspecified atom stereocenters. The van der Waals surface area contributed by atoms with Gasteiger partial charge in [0.05, 0.1) is 11.9 Å². The number of carboxylic acids is 2. The molecular weight excluding hydrogens is 136 g/mol. The van der Waals surface area contributed by atoms with Gasteiger partial charge in [-0.2, -0.15) is 0 Å². The van der Waals surface area contributed by atoms with E-state index in [2.05, 4.69) is 6.58 Å². The van der Waals surface area contributed by atoms with Crippen molar-refractivity contribution >= 4 is 35.0 Å². The van der Waals surface area contributed by atoms with Crippen molar-refractivity contribution < 1.29 is 19.8 Å². The zero-order valence-electron chi connectivity index (χ0n) is 4.55. The first-order valence-electron chi connectivity index (χ1n) is 1.67. The average molecular weight is 138 g/mol. The fourth-order valence-corrected chi connectivity index (χ4v) is 0.0833. The predicted octanol–water partition coefficient (Wildman–Crippen LogP) is -3.34. The van der Waals surface area contributed by atoms with Gasteiger partial charge in [-0.15, -0.1) is 0 Å². The van der Waals surface area contributed by atoms with Gasteiger partial charge in [-0.05, 0) is 0 Å². The first-order chi connectivity index (χ1) is 3.55. The molecule has 0 aliphatic carbocycles. The second-order valence-electron chi connectivity index (χ2n) is 1.05. The molecule has 0 fully saturated rings. The van der Waals surface area contributed by atoms with Gasteiger partial charge in [0.2, 0.25) is 0 Å². The molecule has 0 aromatic rings. The van der Waals surface area contributed by atoms with Gasteiger partial charge in [0.1, 0.15) is 0 Å². The largest absolute Gasteiger partial charge is 2.00 e. The fourth-order valence-electron chi connectivity index (χ4n) is 0.0833. The summed E-state index contributed by atoms with van der Waals surface area (Å²) in [4.78, 5) is 19.0. The number of carbonyl (C=O) groups excluding carboxylic acids is 2. The molecule has 0 saturated carbocycles. The third-order valence-electron chi connectivity index (χ3n) is 0.493. The number of aliphatic carboxylic acids is 2. The first-order valence-corrected chi connectivity index (χ1v) is 1.67. The smallest absolute Gasteiger partial charge is 0.545 e. The van der Waals surface area contributed by atoms with Gasteiger partial charge in [-0.3, -0.25) is 0 Å². The Morgan fingerprint density at radius 1 is 1.11 bits per heavy atom. The van der Waals surface area contributed by atoms with Crippen LogP contribution in [-0.2, 0) is 9.59 Å². The van der Waals surface area contributed by atoms with E-state index in [1.54, 1.807) is 0 Å². The quantitative estimate of drug-likeness (QED) is 0.173. The molecule has 0 amide bonds. The molecule has 0 aromatic carbocycles. The SMILES string of the molecule is C=C(C(=O)[O-])C(=O)[O-].[Mg+2]. The molecule has 0 N–H and O–H groups in total. The van der Waals surface area contributed by atoms with E-state index in [-0.39, 0.29) is 23.1 Å². The van der Waals surface area contributed by atoms with E-state index in [0.717, 1.165) is 0 Å². The van der Waals surface area contributed by atoms with E-state index in [0.29, 0.717) is 0 Å². The third kappa shape index (κ3) is 3.98. The molecule has 0 atom stereocenters. The van der Waals surface area contributed by atoms with Crippen LogP contribution in [-0.4, -0.2) is 35.0 Å². The Hall–Kier alpha value is -0.554. The van der Waals surface area contributed by atoms with E-state index < -0.39 is 17.5 Å². The Labute approximate surface area is 67.3 Å². The minimum Gasteiger partial charge on any atom is -0.545 e. The van der Waals surface area contributed by atoms with Crippen molar-refractivity contribution in [3.63, 3.8) is 0 Å². The van der Waals surface area contributed by atoms with Crippen LogP contribution in [0.3, 0.4) is 0 Å². The van der Waals surface area contributed by atoms with Gasteiger partial charge in [0.15, 0.2) is 0 Å². The van der Waals surface area contributed by atoms with E-state index in [1.807, 2.05) is 0 Å². The third-order valence-corrected chi connectivity index (χ3v) is 0.493. The van der Waals surface area contributed by atoms with Crippen LogP contribution >= 0.6 is 0 Å². The fraction of sp³-hybridized carbons (Fsp3) is 0. The van der Waals surface area contributed by atoms with Gasteiger partial charge in [0.25, 0.3) is 0 Å². The van der Waals surface area contributed by atoms with Crippen molar-refractivity contribution in [3.8, 4) is 0 Å². The summed E-state index contributed by atoms with van der Waals surface area (Å²) in [6, 6.07) is 0. The van der Waals surface area contributed by atoms with E-state index in [9.17, 15) is 19.8 Å². The average Bonchev–Trinajstić information content (AvgIpc) is 1.64. The summed E-state index contributed by atoms with van der Waals surface area (Å²) in [5, 5.41) is 19.0. The molecular formula is C4H2MgO4. The van der Waals surface area contributed by atoms with Crippen LogP contribution in [0.2, 0.25) is 0 Å². The van der Waals surface area contributed by atoms with Crippen LogP contribution in [0, 0.1) is 0 Å². The summed E-state index contributed by atoms with van der Waals surface area (Å²) >= 11 is 0. The zero-order valence-corrected chi connectivity index (χ0v) is 5.96. The molecule has 0 rings (SSSR count). The van der Waals surface area contributed by atoms with E-state index in [1.165, 1.54) is 0 Å². The number of carbonyl (C=O) groups is 2. The Morgan fingerprint density at radius 2 is 1.33 bits per heavy atom. The van der Waals surface area contributed by atoms with Crippen molar-refractivity contribution in [2.24, 2.45) is 0 Å². The van der Waals surface area contributed by atoms with Crippen molar-refractivity contribution in [1.82, 2.24) is 0 Å². The maximum Gasteiger partial charge on any atom is 2.00 e. The normalized spacial score (nSPS) is 7.11. The van der Waals surface area contributed by atoms with Crippen LogP contribution in [0.1, 0.15) is 0 Å². The standard InChI is InChI=1S/C4H4O4.Mg/c1-2(3(5)6)4(7)8;/h1H2,(H,5,6)(H,7,8);/q;+2/p-2. The van der Waals surface area contributed by atoms with Crippen molar-refractivity contribution in [2.75, 3.05) is 0 Å². The number of hydrogen-bond acceptors (Lipinski definition) is 4. The van der Waals surface area contributed by atoms with Crippen LogP contribution < -0.4 is 10.2 Å². The molecule has 0 heterocycles. The van der Waals surface area contributed by atoms with Gasteiger partial charge in [-0.1, -0.05) is 6.58 Å². The summed E-state index contributed by atoms with van der Waals surface area (Å²) < 4.78 is 0. The monoisotopic (exact) mass is 138 g/mol.